The Balaban J connectivity index is 2.21. The number of anilines is 1. The van der Waals surface area contributed by atoms with Crippen LogP contribution in [0.2, 0.25) is 10.0 Å². The van der Waals surface area contributed by atoms with Crippen molar-refractivity contribution in [1.82, 2.24) is 10.2 Å². The van der Waals surface area contributed by atoms with Crippen molar-refractivity contribution in [3.05, 3.63) is 63.6 Å². The summed E-state index contributed by atoms with van der Waals surface area (Å²) in [6.07, 6.45) is -3.93. The molecule has 198 valence electrons. The lowest BCUT2D eigenvalue weighted by Gasteiger charge is -2.29. The molecule has 0 fully saturated rings. The normalized spacial score (nSPS) is 12.7. The third-order valence-corrected chi connectivity index (χ3v) is 7.30. The number of nitrogens with zero attached hydrogens (tertiary/aromatic N) is 2. The summed E-state index contributed by atoms with van der Waals surface area (Å²) < 4.78 is 64.8. The fourth-order valence-electron chi connectivity index (χ4n) is 3.47. The van der Waals surface area contributed by atoms with Gasteiger partial charge >= 0.3 is 6.18 Å². The minimum Gasteiger partial charge on any atom is -0.357 e. The van der Waals surface area contributed by atoms with Crippen LogP contribution in [0.3, 0.4) is 0 Å². The van der Waals surface area contributed by atoms with E-state index in [1.54, 1.807) is 25.1 Å². The number of benzene rings is 2. The summed E-state index contributed by atoms with van der Waals surface area (Å²) in [4.78, 5) is 26.6. The number of carbonyl (C=O) groups excluding carboxylic acids is 2. The molecular formula is C23H26Cl2F3N3O4S. The van der Waals surface area contributed by atoms with Gasteiger partial charge in [0.25, 0.3) is 0 Å². The summed E-state index contributed by atoms with van der Waals surface area (Å²) in [5, 5.41) is 3.08. The zero-order valence-electron chi connectivity index (χ0n) is 19.8. The number of hydrogen-bond donors (Lipinski definition) is 1. The minimum atomic E-state index is -4.64. The molecule has 0 saturated heterocycles. The smallest absolute Gasteiger partial charge is 0.357 e. The molecule has 2 aromatic rings. The first-order chi connectivity index (χ1) is 16.6. The van der Waals surface area contributed by atoms with Crippen LogP contribution in [0.25, 0.3) is 0 Å². The predicted molar refractivity (Wildman–Crippen MR) is 133 cm³/mol. The Kier molecular flexibility index (Phi) is 10.0. The van der Waals surface area contributed by atoms with Crippen molar-refractivity contribution < 1.29 is 31.2 Å². The monoisotopic (exact) mass is 567 g/mol. The number of carbonyl (C=O) groups is 2. The molecule has 7 nitrogen and oxygen atoms in total. The van der Waals surface area contributed by atoms with Crippen molar-refractivity contribution >= 4 is 50.7 Å². The maximum atomic E-state index is 13.1. The van der Waals surface area contributed by atoms with E-state index in [0.717, 1.165) is 28.8 Å². The Morgan fingerprint density at radius 2 is 1.75 bits per heavy atom. The molecular weight excluding hydrogens is 542 g/mol. The average molecular weight is 568 g/mol. The number of likely N-dealkylation sites (N-methyl/N-ethyl adjacent to an activating group) is 1. The highest BCUT2D eigenvalue weighted by atomic mass is 35.5. The van der Waals surface area contributed by atoms with Gasteiger partial charge in [0.15, 0.2) is 0 Å². The molecule has 2 aromatic carbocycles. The molecule has 0 bridgehead atoms. The molecule has 1 N–H and O–H groups in total. The number of alkyl halides is 3. The Morgan fingerprint density at radius 3 is 2.31 bits per heavy atom. The first kappa shape index (κ1) is 29.7. The molecule has 0 unspecified atom stereocenters. The average Bonchev–Trinajstić information content (AvgIpc) is 2.80. The molecule has 0 spiro atoms. The lowest BCUT2D eigenvalue weighted by Crippen LogP contribution is -2.46. The van der Waals surface area contributed by atoms with E-state index < -0.39 is 39.6 Å². The van der Waals surface area contributed by atoms with Crippen LogP contribution in [0.1, 0.15) is 30.9 Å². The highest BCUT2D eigenvalue weighted by molar-refractivity contribution is 7.92. The standard InChI is InChI=1S/C23H26Cl2F3N3O4S/c1-15(22(33)29-2)30(14-16-9-10-19(24)20(25)12-16)21(32)8-5-11-31(36(3,34)35)18-7-4-6-17(13-18)23(26,27)28/h4,6-7,9-10,12-13,15H,5,8,11,14H2,1-3H3,(H,29,33)/t15-/m1/s1. The maximum Gasteiger partial charge on any atom is 0.416 e. The molecule has 0 heterocycles. The lowest BCUT2D eigenvalue weighted by molar-refractivity contribution is -0.140. The summed E-state index contributed by atoms with van der Waals surface area (Å²) in [5.74, 6) is -0.861. The summed E-state index contributed by atoms with van der Waals surface area (Å²) in [6, 6.07) is 7.89. The van der Waals surface area contributed by atoms with E-state index >= 15 is 0 Å². The lowest BCUT2D eigenvalue weighted by atomic mass is 10.1. The van der Waals surface area contributed by atoms with Gasteiger partial charge in [-0.2, -0.15) is 13.2 Å². The van der Waals surface area contributed by atoms with Gasteiger partial charge in [0.2, 0.25) is 21.8 Å². The van der Waals surface area contributed by atoms with Crippen molar-refractivity contribution in [2.24, 2.45) is 0 Å². The fourth-order valence-corrected chi connectivity index (χ4v) is 4.75. The second kappa shape index (κ2) is 12.2. The van der Waals surface area contributed by atoms with Gasteiger partial charge in [0.05, 0.1) is 27.6 Å². The molecule has 0 saturated carbocycles. The first-order valence-electron chi connectivity index (χ1n) is 10.7. The number of halogens is 5. The summed E-state index contributed by atoms with van der Waals surface area (Å²) in [6.45, 7) is 1.34. The molecule has 0 radical (unpaired) electrons. The molecule has 2 rings (SSSR count). The zero-order chi connectivity index (χ0) is 27.3. The zero-order valence-corrected chi connectivity index (χ0v) is 22.1. The van der Waals surface area contributed by atoms with Crippen LogP contribution in [-0.4, -0.2) is 51.0 Å². The van der Waals surface area contributed by atoms with E-state index in [1.165, 1.54) is 18.0 Å². The fraction of sp³-hybridized carbons (Fsp3) is 0.391. The topological polar surface area (TPSA) is 86.8 Å². The van der Waals surface area contributed by atoms with Crippen LogP contribution < -0.4 is 9.62 Å². The number of hydrogen-bond acceptors (Lipinski definition) is 4. The van der Waals surface area contributed by atoms with Crippen LogP contribution in [-0.2, 0) is 32.3 Å². The Hall–Kier alpha value is -2.50. The quantitative estimate of drug-likeness (QED) is 0.450. The molecule has 1 atom stereocenters. The van der Waals surface area contributed by atoms with Crippen molar-refractivity contribution in [2.75, 3.05) is 24.2 Å². The van der Waals surface area contributed by atoms with E-state index in [1.807, 2.05) is 0 Å². The third-order valence-electron chi connectivity index (χ3n) is 5.36. The summed E-state index contributed by atoms with van der Waals surface area (Å²) in [7, 11) is -2.51. The molecule has 36 heavy (non-hydrogen) atoms. The first-order valence-corrected chi connectivity index (χ1v) is 13.4. The number of nitrogens with one attached hydrogen (secondary N) is 1. The van der Waals surface area contributed by atoms with E-state index in [9.17, 15) is 31.2 Å². The molecule has 0 aliphatic carbocycles. The SMILES string of the molecule is CNC(=O)[C@@H](C)N(Cc1ccc(Cl)c(Cl)c1)C(=O)CCCN(c1cccc(C(F)(F)F)c1)S(C)(=O)=O. The predicted octanol–water partition coefficient (Wildman–Crippen LogP) is 4.72. The van der Waals surface area contributed by atoms with Gasteiger partial charge in [0.1, 0.15) is 6.04 Å². The second-order valence-electron chi connectivity index (χ2n) is 8.05. The third kappa shape index (κ3) is 8.01. The van der Waals surface area contributed by atoms with Crippen LogP contribution >= 0.6 is 23.2 Å². The maximum absolute atomic E-state index is 13.1. The summed E-state index contributed by atoms with van der Waals surface area (Å²) >= 11 is 12.0. The molecule has 2 amide bonds. The minimum absolute atomic E-state index is 0.000483. The van der Waals surface area contributed by atoms with Crippen LogP contribution in [0, 0.1) is 0 Å². The van der Waals surface area contributed by atoms with E-state index in [2.05, 4.69) is 5.32 Å². The second-order valence-corrected chi connectivity index (χ2v) is 10.8. The molecule has 0 aliphatic heterocycles. The molecule has 0 aliphatic rings. The van der Waals surface area contributed by atoms with Gasteiger partial charge in [-0.3, -0.25) is 13.9 Å². The number of sulfonamides is 1. The Labute approximate surface area is 218 Å². The highest BCUT2D eigenvalue weighted by Crippen LogP contribution is 2.32. The highest BCUT2D eigenvalue weighted by Gasteiger charge is 2.32. The largest absolute Gasteiger partial charge is 0.416 e. The van der Waals surface area contributed by atoms with Gasteiger partial charge in [0, 0.05) is 26.6 Å². The van der Waals surface area contributed by atoms with Gasteiger partial charge in [-0.25, -0.2) is 8.42 Å². The van der Waals surface area contributed by atoms with Crippen molar-refractivity contribution in [1.29, 1.82) is 0 Å². The van der Waals surface area contributed by atoms with E-state index in [0.29, 0.717) is 10.6 Å². The molecule has 13 heteroatoms. The van der Waals surface area contributed by atoms with Crippen LogP contribution in [0.5, 0.6) is 0 Å². The molecule has 0 aromatic heterocycles. The Bertz CT molecular complexity index is 1210. The van der Waals surface area contributed by atoms with Crippen molar-refractivity contribution in [3.63, 3.8) is 0 Å². The van der Waals surface area contributed by atoms with Crippen molar-refractivity contribution in [3.8, 4) is 0 Å². The van der Waals surface area contributed by atoms with Crippen molar-refractivity contribution in [2.45, 2.75) is 38.5 Å². The van der Waals surface area contributed by atoms with Crippen LogP contribution in [0.15, 0.2) is 42.5 Å². The van der Waals surface area contributed by atoms with Gasteiger partial charge in [-0.1, -0.05) is 35.3 Å². The van der Waals surface area contributed by atoms with Gasteiger partial charge in [-0.05, 0) is 49.2 Å². The number of amides is 2. The number of rotatable bonds is 10. The van der Waals surface area contributed by atoms with Gasteiger partial charge in [-0.15, -0.1) is 0 Å². The van der Waals surface area contributed by atoms with E-state index in [4.69, 9.17) is 23.2 Å². The summed E-state index contributed by atoms with van der Waals surface area (Å²) in [5.41, 5.74) is -0.529. The van der Waals surface area contributed by atoms with Crippen LogP contribution in [0.4, 0.5) is 18.9 Å². The Morgan fingerprint density at radius 1 is 1.08 bits per heavy atom. The van der Waals surface area contributed by atoms with Gasteiger partial charge < -0.3 is 10.2 Å². The van der Waals surface area contributed by atoms with E-state index in [-0.39, 0.29) is 36.6 Å².